The second kappa shape index (κ2) is 8.75. The van der Waals surface area contributed by atoms with Crippen molar-refractivity contribution < 1.29 is 19.2 Å². The second-order valence-corrected chi connectivity index (χ2v) is 5.81. The van der Waals surface area contributed by atoms with Crippen LogP contribution in [-0.4, -0.2) is 35.7 Å². The zero-order chi connectivity index (χ0) is 19.1. The van der Waals surface area contributed by atoms with Gasteiger partial charge in [-0.25, -0.2) is 0 Å². The highest BCUT2D eigenvalue weighted by atomic mass is 16.6. The standard InChI is InChI=1S/C19H20N2O5/c1-3-14-4-6-15(7-5-14)11-20(2)19(23)13-26-18-9-8-17(21(24)25)10-16(18)12-22/h4-10,12H,3,11,13H2,1-2H3. The molecule has 2 aromatic carbocycles. The van der Waals surface area contributed by atoms with Crippen molar-refractivity contribution in [1.82, 2.24) is 4.90 Å². The number of benzene rings is 2. The third kappa shape index (κ3) is 4.89. The van der Waals surface area contributed by atoms with E-state index >= 15 is 0 Å². The summed E-state index contributed by atoms with van der Waals surface area (Å²) >= 11 is 0. The Morgan fingerprint density at radius 1 is 1.19 bits per heavy atom. The molecule has 7 heteroatoms. The molecule has 0 saturated carbocycles. The van der Waals surface area contributed by atoms with Crippen LogP contribution in [-0.2, 0) is 17.8 Å². The Kier molecular flexibility index (Phi) is 6.43. The fourth-order valence-electron chi connectivity index (χ4n) is 2.37. The van der Waals surface area contributed by atoms with Crippen molar-refractivity contribution >= 4 is 17.9 Å². The molecule has 0 spiro atoms. The summed E-state index contributed by atoms with van der Waals surface area (Å²) in [5, 5.41) is 10.7. The molecule has 0 aliphatic heterocycles. The van der Waals surface area contributed by atoms with Gasteiger partial charge in [-0.3, -0.25) is 19.7 Å². The highest BCUT2D eigenvalue weighted by molar-refractivity contribution is 5.82. The van der Waals surface area contributed by atoms with Gasteiger partial charge in [-0.05, 0) is 23.6 Å². The van der Waals surface area contributed by atoms with Crippen LogP contribution in [0.4, 0.5) is 5.69 Å². The van der Waals surface area contributed by atoms with E-state index in [0.29, 0.717) is 12.8 Å². The molecule has 0 unspecified atom stereocenters. The molecule has 136 valence electrons. The van der Waals surface area contributed by atoms with Crippen LogP contribution in [0.25, 0.3) is 0 Å². The van der Waals surface area contributed by atoms with Crippen molar-refractivity contribution in [3.05, 3.63) is 69.3 Å². The molecular formula is C19H20N2O5. The normalized spacial score (nSPS) is 10.2. The fourth-order valence-corrected chi connectivity index (χ4v) is 2.37. The van der Waals surface area contributed by atoms with Crippen molar-refractivity contribution in [1.29, 1.82) is 0 Å². The quantitative estimate of drug-likeness (QED) is 0.412. The Hall–Kier alpha value is -3.22. The highest BCUT2D eigenvalue weighted by Crippen LogP contribution is 2.22. The average Bonchev–Trinajstić information content (AvgIpc) is 2.66. The minimum Gasteiger partial charge on any atom is -0.483 e. The van der Waals surface area contributed by atoms with Gasteiger partial charge in [-0.2, -0.15) is 0 Å². The van der Waals surface area contributed by atoms with Gasteiger partial charge in [0.25, 0.3) is 11.6 Å². The number of carbonyl (C=O) groups is 2. The Bertz CT molecular complexity index is 802. The van der Waals surface area contributed by atoms with Crippen molar-refractivity contribution in [2.75, 3.05) is 13.7 Å². The van der Waals surface area contributed by atoms with Crippen molar-refractivity contribution in [3.8, 4) is 5.75 Å². The average molecular weight is 356 g/mol. The Morgan fingerprint density at radius 2 is 1.85 bits per heavy atom. The number of likely N-dealkylation sites (N-methyl/N-ethyl adjacent to an activating group) is 1. The number of nitro benzene ring substituents is 1. The van der Waals surface area contributed by atoms with Crippen LogP contribution in [0.15, 0.2) is 42.5 Å². The molecule has 0 aliphatic rings. The second-order valence-electron chi connectivity index (χ2n) is 5.81. The molecule has 1 amide bonds. The number of nitrogens with zero attached hydrogens (tertiary/aromatic N) is 2. The van der Waals surface area contributed by atoms with Crippen LogP contribution >= 0.6 is 0 Å². The van der Waals surface area contributed by atoms with E-state index in [1.54, 1.807) is 7.05 Å². The monoisotopic (exact) mass is 356 g/mol. The molecule has 0 bridgehead atoms. The maximum atomic E-state index is 12.2. The minimum atomic E-state index is -0.598. The van der Waals surface area contributed by atoms with Crippen LogP contribution < -0.4 is 4.74 Å². The first kappa shape index (κ1) is 19.1. The Labute approximate surface area is 151 Å². The van der Waals surface area contributed by atoms with E-state index in [-0.39, 0.29) is 29.5 Å². The van der Waals surface area contributed by atoms with E-state index in [0.717, 1.165) is 18.1 Å². The number of aryl methyl sites for hydroxylation is 1. The lowest BCUT2D eigenvalue weighted by Gasteiger charge is -2.18. The van der Waals surface area contributed by atoms with Gasteiger partial charge in [0.15, 0.2) is 12.9 Å². The number of ether oxygens (including phenoxy) is 1. The summed E-state index contributed by atoms with van der Waals surface area (Å²) < 4.78 is 5.37. The van der Waals surface area contributed by atoms with E-state index in [4.69, 9.17) is 4.74 Å². The van der Waals surface area contributed by atoms with Gasteiger partial charge in [0.2, 0.25) is 0 Å². The lowest BCUT2D eigenvalue weighted by Crippen LogP contribution is -2.31. The van der Waals surface area contributed by atoms with Crippen LogP contribution in [0.5, 0.6) is 5.75 Å². The zero-order valence-electron chi connectivity index (χ0n) is 14.7. The zero-order valence-corrected chi connectivity index (χ0v) is 14.7. The van der Waals surface area contributed by atoms with Gasteiger partial charge in [0.05, 0.1) is 10.5 Å². The number of hydrogen-bond acceptors (Lipinski definition) is 5. The van der Waals surface area contributed by atoms with Crippen molar-refractivity contribution in [2.24, 2.45) is 0 Å². The largest absolute Gasteiger partial charge is 0.483 e. The lowest BCUT2D eigenvalue weighted by molar-refractivity contribution is -0.384. The summed E-state index contributed by atoms with van der Waals surface area (Å²) in [5.74, 6) is -0.126. The molecule has 0 radical (unpaired) electrons. The summed E-state index contributed by atoms with van der Waals surface area (Å²) in [6.45, 7) is 2.25. The number of rotatable bonds is 8. The first-order valence-electron chi connectivity index (χ1n) is 8.12. The van der Waals surface area contributed by atoms with E-state index in [1.807, 2.05) is 24.3 Å². The number of amides is 1. The van der Waals surface area contributed by atoms with E-state index < -0.39 is 4.92 Å². The number of nitro groups is 1. The van der Waals surface area contributed by atoms with Crippen molar-refractivity contribution in [2.45, 2.75) is 19.9 Å². The molecule has 2 aromatic rings. The van der Waals surface area contributed by atoms with Gasteiger partial charge in [-0.15, -0.1) is 0 Å². The molecule has 0 fully saturated rings. The van der Waals surface area contributed by atoms with Gasteiger partial charge in [0.1, 0.15) is 5.75 Å². The Balaban J connectivity index is 1.96. The number of aldehydes is 1. The molecule has 26 heavy (non-hydrogen) atoms. The van der Waals surface area contributed by atoms with Gasteiger partial charge in [-0.1, -0.05) is 31.2 Å². The summed E-state index contributed by atoms with van der Waals surface area (Å²) in [6.07, 6.45) is 1.42. The van der Waals surface area contributed by atoms with Crippen LogP contribution in [0.3, 0.4) is 0 Å². The first-order chi connectivity index (χ1) is 12.4. The molecular weight excluding hydrogens is 336 g/mol. The van der Waals surface area contributed by atoms with Gasteiger partial charge in [0, 0.05) is 25.7 Å². The predicted molar refractivity (Wildman–Crippen MR) is 96.3 cm³/mol. The van der Waals surface area contributed by atoms with Crippen LogP contribution in [0, 0.1) is 10.1 Å². The number of carbonyl (C=O) groups excluding carboxylic acids is 2. The molecule has 0 aromatic heterocycles. The van der Waals surface area contributed by atoms with E-state index in [2.05, 4.69) is 6.92 Å². The third-order valence-electron chi connectivity index (χ3n) is 3.96. The van der Waals surface area contributed by atoms with Gasteiger partial charge >= 0.3 is 0 Å². The minimum absolute atomic E-state index is 0.0322. The SMILES string of the molecule is CCc1ccc(CN(C)C(=O)COc2ccc([N+](=O)[O-])cc2C=O)cc1. The maximum Gasteiger partial charge on any atom is 0.270 e. The fraction of sp³-hybridized carbons (Fsp3) is 0.263. The molecule has 7 nitrogen and oxygen atoms in total. The molecule has 0 saturated heterocycles. The number of non-ortho nitro benzene ring substituents is 1. The summed E-state index contributed by atoms with van der Waals surface area (Å²) in [4.78, 5) is 35.0. The molecule has 0 N–H and O–H groups in total. The summed E-state index contributed by atoms with van der Waals surface area (Å²) in [7, 11) is 1.66. The van der Waals surface area contributed by atoms with Crippen molar-refractivity contribution in [3.63, 3.8) is 0 Å². The van der Waals surface area contributed by atoms with Crippen LogP contribution in [0.2, 0.25) is 0 Å². The maximum absolute atomic E-state index is 12.2. The summed E-state index contributed by atoms with van der Waals surface area (Å²) in [5.41, 5.74) is 2.05. The Morgan fingerprint density at radius 3 is 2.42 bits per heavy atom. The van der Waals surface area contributed by atoms with E-state index in [9.17, 15) is 19.7 Å². The molecule has 0 aliphatic carbocycles. The predicted octanol–water partition coefficient (Wildman–Crippen LogP) is 3.01. The summed E-state index contributed by atoms with van der Waals surface area (Å²) in [6, 6.07) is 11.7. The molecule has 0 atom stereocenters. The topological polar surface area (TPSA) is 89.8 Å². The highest BCUT2D eigenvalue weighted by Gasteiger charge is 2.14. The van der Waals surface area contributed by atoms with Crippen LogP contribution in [0.1, 0.15) is 28.4 Å². The lowest BCUT2D eigenvalue weighted by atomic mass is 10.1. The molecule has 2 rings (SSSR count). The first-order valence-corrected chi connectivity index (χ1v) is 8.12. The number of hydrogen-bond donors (Lipinski definition) is 0. The molecule has 0 heterocycles. The smallest absolute Gasteiger partial charge is 0.270 e. The third-order valence-corrected chi connectivity index (χ3v) is 3.96. The van der Waals surface area contributed by atoms with Gasteiger partial charge < -0.3 is 9.64 Å². The van der Waals surface area contributed by atoms with E-state index in [1.165, 1.54) is 22.6 Å².